The number of likely N-dealkylation sites (tertiary alicyclic amines) is 1. The molecule has 0 bridgehead atoms. The van der Waals surface area contributed by atoms with Crippen LogP contribution in [0, 0.1) is 5.41 Å². The maximum atomic E-state index is 7.46. The molecule has 0 atom stereocenters. The lowest BCUT2D eigenvalue weighted by atomic mass is 10.1. The van der Waals surface area contributed by atoms with Crippen LogP contribution in [0.15, 0.2) is 0 Å². The van der Waals surface area contributed by atoms with E-state index in [1.807, 2.05) is 6.92 Å². The van der Waals surface area contributed by atoms with Crippen molar-refractivity contribution in [1.29, 1.82) is 5.41 Å². The number of ether oxygens (including phenoxy) is 1. The lowest BCUT2D eigenvalue weighted by molar-refractivity contribution is 0.226. The van der Waals surface area contributed by atoms with Crippen LogP contribution in [0.3, 0.4) is 0 Å². The minimum absolute atomic E-state index is 0.438. The summed E-state index contributed by atoms with van der Waals surface area (Å²) in [6, 6.07) is 0. The van der Waals surface area contributed by atoms with Gasteiger partial charge in [-0.15, -0.1) is 0 Å². The molecule has 0 aromatic heterocycles. The molecule has 0 amide bonds. The van der Waals surface area contributed by atoms with E-state index in [0.29, 0.717) is 12.5 Å². The summed E-state index contributed by atoms with van der Waals surface area (Å²) >= 11 is 0. The van der Waals surface area contributed by atoms with Gasteiger partial charge in [0.15, 0.2) is 5.90 Å². The fourth-order valence-corrected chi connectivity index (χ4v) is 1.69. The van der Waals surface area contributed by atoms with Crippen LogP contribution in [0.1, 0.15) is 32.6 Å². The second-order valence-corrected chi connectivity index (χ2v) is 3.51. The van der Waals surface area contributed by atoms with Gasteiger partial charge >= 0.3 is 0 Å². The lowest BCUT2D eigenvalue weighted by Crippen LogP contribution is -2.31. The highest BCUT2D eigenvalue weighted by molar-refractivity contribution is 5.72. The highest BCUT2D eigenvalue weighted by Gasteiger charge is 2.10. The SMILES string of the molecule is CCOC(=N)CCN1CCCCC1. The maximum Gasteiger partial charge on any atom is 0.181 e. The van der Waals surface area contributed by atoms with Crippen LogP contribution in [0.4, 0.5) is 0 Å². The van der Waals surface area contributed by atoms with Crippen molar-refractivity contribution in [3.05, 3.63) is 0 Å². The summed E-state index contributed by atoms with van der Waals surface area (Å²) in [4.78, 5) is 2.43. The topological polar surface area (TPSA) is 36.3 Å². The second-order valence-electron chi connectivity index (χ2n) is 3.51. The summed E-state index contributed by atoms with van der Waals surface area (Å²) < 4.78 is 5.09. The molecule has 0 saturated carbocycles. The molecule has 1 aliphatic rings. The van der Waals surface area contributed by atoms with Gasteiger partial charge in [0.1, 0.15) is 0 Å². The first-order valence-electron chi connectivity index (χ1n) is 5.25. The van der Waals surface area contributed by atoms with Crippen molar-refractivity contribution >= 4 is 5.90 Å². The van der Waals surface area contributed by atoms with E-state index in [0.717, 1.165) is 13.0 Å². The molecule has 0 spiro atoms. The largest absolute Gasteiger partial charge is 0.481 e. The number of hydrogen-bond acceptors (Lipinski definition) is 3. The fraction of sp³-hybridized carbons (Fsp3) is 0.900. The molecule has 1 fully saturated rings. The third-order valence-electron chi connectivity index (χ3n) is 2.42. The molecule has 0 unspecified atom stereocenters. The molecule has 1 rings (SSSR count). The van der Waals surface area contributed by atoms with Crippen molar-refractivity contribution in [2.24, 2.45) is 0 Å². The molecular weight excluding hydrogens is 164 g/mol. The molecule has 0 aliphatic carbocycles. The van der Waals surface area contributed by atoms with Crippen LogP contribution < -0.4 is 0 Å². The zero-order valence-corrected chi connectivity index (χ0v) is 8.51. The number of nitrogens with one attached hydrogen (secondary N) is 1. The Kier molecular flexibility index (Phi) is 4.83. The van der Waals surface area contributed by atoms with Gasteiger partial charge in [-0.2, -0.15) is 0 Å². The van der Waals surface area contributed by atoms with E-state index >= 15 is 0 Å². The smallest absolute Gasteiger partial charge is 0.181 e. The molecule has 1 N–H and O–H groups in total. The van der Waals surface area contributed by atoms with Gasteiger partial charge in [0.25, 0.3) is 0 Å². The Morgan fingerprint density at radius 1 is 1.31 bits per heavy atom. The number of piperidine rings is 1. The molecule has 13 heavy (non-hydrogen) atoms. The quantitative estimate of drug-likeness (QED) is 0.535. The predicted octanol–water partition coefficient (Wildman–Crippen LogP) is 1.88. The first kappa shape index (κ1) is 10.5. The van der Waals surface area contributed by atoms with Crippen LogP contribution in [-0.2, 0) is 4.74 Å². The average Bonchev–Trinajstić information content (AvgIpc) is 2.17. The first-order chi connectivity index (χ1) is 6.33. The van der Waals surface area contributed by atoms with Gasteiger partial charge in [-0.3, -0.25) is 5.41 Å². The van der Waals surface area contributed by atoms with Crippen molar-refractivity contribution in [3.63, 3.8) is 0 Å². The number of nitrogens with zero attached hydrogens (tertiary/aromatic N) is 1. The predicted molar refractivity (Wildman–Crippen MR) is 54.3 cm³/mol. The van der Waals surface area contributed by atoms with E-state index < -0.39 is 0 Å². The molecule has 1 saturated heterocycles. The molecular formula is C10H20N2O. The van der Waals surface area contributed by atoms with E-state index in [4.69, 9.17) is 10.1 Å². The highest BCUT2D eigenvalue weighted by atomic mass is 16.5. The van der Waals surface area contributed by atoms with Crippen LogP contribution in [-0.4, -0.2) is 37.0 Å². The van der Waals surface area contributed by atoms with Crippen molar-refractivity contribution in [2.45, 2.75) is 32.6 Å². The van der Waals surface area contributed by atoms with Crippen LogP contribution in [0.5, 0.6) is 0 Å². The third kappa shape index (κ3) is 4.27. The Labute approximate surface area is 80.6 Å². The van der Waals surface area contributed by atoms with Gasteiger partial charge in [-0.1, -0.05) is 6.42 Å². The molecule has 3 nitrogen and oxygen atoms in total. The average molecular weight is 184 g/mol. The van der Waals surface area contributed by atoms with Crippen molar-refractivity contribution in [2.75, 3.05) is 26.2 Å². The van der Waals surface area contributed by atoms with Gasteiger partial charge in [0, 0.05) is 13.0 Å². The Balaban J connectivity index is 2.06. The molecule has 0 radical (unpaired) electrons. The summed E-state index contributed by atoms with van der Waals surface area (Å²) in [5, 5.41) is 7.46. The summed E-state index contributed by atoms with van der Waals surface area (Å²) in [7, 11) is 0. The summed E-state index contributed by atoms with van der Waals surface area (Å²) in [5.74, 6) is 0.438. The summed E-state index contributed by atoms with van der Waals surface area (Å²) in [5.41, 5.74) is 0. The third-order valence-corrected chi connectivity index (χ3v) is 2.42. The van der Waals surface area contributed by atoms with E-state index in [2.05, 4.69) is 4.90 Å². The summed E-state index contributed by atoms with van der Waals surface area (Å²) in [6.45, 7) is 5.96. The van der Waals surface area contributed by atoms with E-state index in [9.17, 15) is 0 Å². The standard InChI is InChI=1S/C10H20N2O/c1-2-13-10(11)6-9-12-7-4-3-5-8-12/h11H,2-9H2,1H3. The van der Waals surface area contributed by atoms with Crippen molar-refractivity contribution < 1.29 is 4.74 Å². The molecule has 1 aliphatic heterocycles. The zero-order chi connectivity index (χ0) is 9.52. The van der Waals surface area contributed by atoms with Crippen LogP contribution in [0.25, 0.3) is 0 Å². The lowest BCUT2D eigenvalue weighted by Gasteiger charge is -2.26. The van der Waals surface area contributed by atoms with E-state index in [1.54, 1.807) is 0 Å². The van der Waals surface area contributed by atoms with E-state index in [-0.39, 0.29) is 0 Å². The minimum atomic E-state index is 0.438. The highest BCUT2D eigenvalue weighted by Crippen LogP contribution is 2.08. The Morgan fingerprint density at radius 2 is 2.00 bits per heavy atom. The zero-order valence-electron chi connectivity index (χ0n) is 8.51. The molecule has 0 aromatic rings. The van der Waals surface area contributed by atoms with Crippen LogP contribution >= 0.6 is 0 Å². The van der Waals surface area contributed by atoms with Crippen LogP contribution in [0.2, 0.25) is 0 Å². The van der Waals surface area contributed by atoms with Crippen molar-refractivity contribution in [3.8, 4) is 0 Å². The van der Waals surface area contributed by atoms with Crippen molar-refractivity contribution in [1.82, 2.24) is 4.90 Å². The van der Waals surface area contributed by atoms with Gasteiger partial charge in [-0.05, 0) is 32.9 Å². The monoisotopic (exact) mass is 184 g/mol. The molecule has 3 heteroatoms. The Bertz CT molecular complexity index is 153. The van der Waals surface area contributed by atoms with Gasteiger partial charge in [0.2, 0.25) is 0 Å². The fourth-order valence-electron chi connectivity index (χ4n) is 1.69. The number of rotatable bonds is 4. The van der Waals surface area contributed by atoms with Gasteiger partial charge in [0.05, 0.1) is 6.61 Å². The first-order valence-corrected chi connectivity index (χ1v) is 5.25. The van der Waals surface area contributed by atoms with Gasteiger partial charge < -0.3 is 9.64 Å². The molecule has 1 heterocycles. The van der Waals surface area contributed by atoms with E-state index in [1.165, 1.54) is 32.4 Å². The molecule has 76 valence electrons. The second kappa shape index (κ2) is 5.97. The maximum absolute atomic E-state index is 7.46. The molecule has 0 aromatic carbocycles. The summed E-state index contributed by atoms with van der Waals surface area (Å²) in [6.07, 6.45) is 4.79. The van der Waals surface area contributed by atoms with Gasteiger partial charge in [-0.25, -0.2) is 0 Å². The minimum Gasteiger partial charge on any atom is -0.481 e. The Morgan fingerprint density at radius 3 is 2.62 bits per heavy atom. The Hall–Kier alpha value is -0.570. The normalized spacial score (nSPS) is 18.5. The number of hydrogen-bond donors (Lipinski definition) is 1.